The summed E-state index contributed by atoms with van der Waals surface area (Å²) in [5, 5.41) is 18.2. The maximum Gasteiger partial charge on any atom is 0.339 e. The second kappa shape index (κ2) is 5.04. The third-order valence-corrected chi connectivity index (χ3v) is 4.80. The van der Waals surface area contributed by atoms with Gasteiger partial charge < -0.3 is 14.9 Å². The number of methoxy groups -OCH3 is 1. The molecule has 0 heterocycles. The summed E-state index contributed by atoms with van der Waals surface area (Å²) in [4.78, 5) is 10.9. The molecular formula is C12H15NO6S. The normalized spacial score (nSPS) is 16.7. The van der Waals surface area contributed by atoms with Gasteiger partial charge in [-0.2, -0.15) is 0 Å². The van der Waals surface area contributed by atoms with Crippen molar-refractivity contribution in [2.24, 2.45) is 0 Å². The molecule has 1 aromatic rings. The van der Waals surface area contributed by atoms with Gasteiger partial charge in [-0.25, -0.2) is 17.9 Å². The van der Waals surface area contributed by atoms with E-state index in [0.717, 1.165) is 6.07 Å². The van der Waals surface area contributed by atoms with Crippen molar-refractivity contribution in [3.05, 3.63) is 23.8 Å². The fourth-order valence-corrected chi connectivity index (χ4v) is 3.29. The molecule has 0 aliphatic heterocycles. The fourth-order valence-electron chi connectivity index (χ4n) is 1.81. The number of aliphatic hydroxyl groups is 1. The lowest BCUT2D eigenvalue weighted by atomic mass is 10.2. The molecule has 3 N–H and O–H groups in total. The summed E-state index contributed by atoms with van der Waals surface area (Å²) >= 11 is 0. The third kappa shape index (κ3) is 2.77. The number of hydrogen-bond donors (Lipinski definition) is 3. The number of carbonyl (C=O) groups is 1. The van der Waals surface area contributed by atoms with Crippen LogP contribution in [0.3, 0.4) is 0 Å². The molecule has 0 unspecified atom stereocenters. The molecule has 0 radical (unpaired) electrons. The van der Waals surface area contributed by atoms with E-state index in [0.29, 0.717) is 12.8 Å². The molecule has 8 heteroatoms. The Kier molecular flexibility index (Phi) is 3.72. The van der Waals surface area contributed by atoms with Crippen LogP contribution in [-0.2, 0) is 10.0 Å². The summed E-state index contributed by atoms with van der Waals surface area (Å²) in [7, 11) is -2.57. The number of ether oxygens (including phenoxy) is 1. The zero-order chi connectivity index (χ0) is 15.0. The van der Waals surface area contributed by atoms with E-state index >= 15 is 0 Å². The first-order valence-corrected chi connectivity index (χ1v) is 7.38. The minimum atomic E-state index is -3.88. The van der Waals surface area contributed by atoms with Crippen molar-refractivity contribution in [1.82, 2.24) is 4.72 Å². The predicted molar refractivity (Wildman–Crippen MR) is 69.3 cm³/mol. The minimum Gasteiger partial charge on any atom is -0.496 e. The molecule has 20 heavy (non-hydrogen) atoms. The van der Waals surface area contributed by atoms with Gasteiger partial charge in [0.25, 0.3) is 0 Å². The zero-order valence-corrected chi connectivity index (χ0v) is 11.6. The second-order valence-electron chi connectivity index (χ2n) is 4.71. The Balaban J connectivity index is 2.37. The molecule has 0 bridgehead atoms. The lowest BCUT2D eigenvalue weighted by molar-refractivity contribution is 0.0693. The average molecular weight is 301 g/mol. The number of hydrogen-bond acceptors (Lipinski definition) is 5. The van der Waals surface area contributed by atoms with Gasteiger partial charge in [0.15, 0.2) is 0 Å². The van der Waals surface area contributed by atoms with Gasteiger partial charge >= 0.3 is 5.97 Å². The van der Waals surface area contributed by atoms with Gasteiger partial charge in [0, 0.05) is 0 Å². The van der Waals surface area contributed by atoms with Crippen LogP contribution in [0.5, 0.6) is 5.75 Å². The molecule has 0 saturated heterocycles. The van der Waals surface area contributed by atoms with Crippen LogP contribution < -0.4 is 9.46 Å². The van der Waals surface area contributed by atoms with Gasteiger partial charge in [-0.3, -0.25) is 0 Å². The molecule has 110 valence electrons. The van der Waals surface area contributed by atoms with Crippen LogP contribution in [-0.4, -0.2) is 43.9 Å². The summed E-state index contributed by atoms with van der Waals surface area (Å²) in [6.45, 7) is -0.284. The van der Waals surface area contributed by atoms with Crippen molar-refractivity contribution in [2.75, 3.05) is 13.7 Å². The smallest absolute Gasteiger partial charge is 0.339 e. The second-order valence-corrected chi connectivity index (χ2v) is 6.39. The first kappa shape index (κ1) is 14.8. The number of aliphatic hydroxyl groups excluding tert-OH is 1. The largest absolute Gasteiger partial charge is 0.496 e. The average Bonchev–Trinajstić information content (AvgIpc) is 3.17. The lowest BCUT2D eigenvalue weighted by Crippen LogP contribution is -2.39. The number of benzene rings is 1. The highest BCUT2D eigenvalue weighted by atomic mass is 32.2. The molecule has 1 fully saturated rings. The van der Waals surface area contributed by atoms with Gasteiger partial charge in [-0.15, -0.1) is 0 Å². The van der Waals surface area contributed by atoms with Crippen LogP contribution in [0.4, 0.5) is 0 Å². The standard InChI is InChI=1S/C12H15NO6S/c1-19-10-3-2-8(6-9(10)11(15)16)20(17,18)13-12(7-14)4-5-12/h2-3,6,13-14H,4-5,7H2,1H3,(H,15,16). The van der Waals surface area contributed by atoms with Crippen molar-refractivity contribution >= 4 is 16.0 Å². The monoisotopic (exact) mass is 301 g/mol. The van der Waals surface area contributed by atoms with E-state index in [-0.39, 0.29) is 22.8 Å². The van der Waals surface area contributed by atoms with Gasteiger partial charge in [0.2, 0.25) is 10.0 Å². The highest BCUT2D eigenvalue weighted by molar-refractivity contribution is 7.89. The Bertz CT molecular complexity index is 635. The molecular weight excluding hydrogens is 286 g/mol. The van der Waals surface area contributed by atoms with E-state index in [1.807, 2.05) is 0 Å². The van der Waals surface area contributed by atoms with E-state index in [1.54, 1.807) is 0 Å². The maximum atomic E-state index is 12.2. The fraction of sp³-hybridized carbons (Fsp3) is 0.417. The third-order valence-electron chi connectivity index (χ3n) is 3.22. The van der Waals surface area contributed by atoms with Crippen LogP contribution in [0.15, 0.2) is 23.1 Å². The van der Waals surface area contributed by atoms with Crippen LogP contribution in [0.2, 0.25) is 0 Å². The van der Waals surface area contributed by atoms with E-state index in [1.165, 1.54) is 19.2 Å². The highest BCUT2D eigenvalue weighted by Crippen LogP contribution is 2.36. The Morgan fingerprint density at radius 3 is 2.55 bits per heavy atom. The zero-order valence-electron chi connectivity index (χ0n) is 10.8. The number of carboxylic acids is 1. The first-order chi connectivity index (χ1) is 9.33. The summed E-state index contributed by atoms with van der Waals surface area (Å²) in [6.07, 6.45) is 1.12. The molecule has 0 spiro atoms. The Morgan fingerprint density at radius 2 is 2.10 bits per heavy atom. The van der Waals surface area contributed by atoms with Crippen LogP contribution in [0.1, 0.15) is 23.2 Å². The summed E-state index contributed by atoms with van der Waals surface area (Å²) in [5.41, 5.74) is -1.04. The molecule has 0 amide bonds. The van der Waals surface area contributed by atoms with Crippen molar-refractivity contribution in [3.8, 4) is 5.75 Å². The first-order valence-electron chi connectivity index (χ1n) is 5.90. The molecule has 1 saturated carbocycles. The van der Waals surface area contributed by atoms with Crippen LogP contribution >= 0.6 is 0 Å². The number of sulfonamides is 1. The van der Waals surface area contributed by atoms with Gasteiger partial charge in [-0.05, 0) is 31.0 Å². The van der Waals surface area contributed by atoms with Gasteiger partial charge in [-0.1, -0.05) is 0 Å². The predicted octanol–water partition coefficient (Wildman–Crippen LogP) is 0.197. The van der Waals surface area contributed by atoms with E-state index in [2.05, 4.69) is 4.72 Å². The van der Waals surface area contributed by atoms with E-state index in [4.69, 9.17) is 14.9 Å². The van der Waals surface area contributed by atoms with Crippen molar-refractivity contribution in [1.29, 1.82) is 0 Å². The van der Waals surface area contributed by atoms with Crippen LogP contribution in [0.25, 0.3) is 0 Å². The van der Waals surface area contributed by atoms with Crippen LogP contribution in [0, 0.1) is 0 Å². The summed E-state index contributed by atoms with van der Waals surface area (Å²) in [5.74, 6) is -1.19. The number of carboxylic acid groups (broad SMARTS) is 1. The molecule has 0 atom stereocenters. The molecule has 1 aliphatic carbocycles. The van der Waals surface area contributed by atoms with Gasteiger partial charge in [0.05, 0.1) is 24.2 Å². The quantitative estimate of drug-likeness (QED) is 0.691. The number of rotatable bonds is 6. The van der Waals surface area contributed by atoms with E-state index < -0.39 is 21.5 Å². The lowest BCUT2D eigenvalue weighted by Gasteiger charge is -2.15. The Morgan fingerprint density at radius 1 is 1.45 bits per heavy atom. The van der Waals surface area contributed by atoms with Crippen molar-refractivity contribution in [3.63, 3.8) is 0 Å². The van der Waals surface area contributed by atoms with Gasteiger partial charge in [0.1, 0.15) is 11.3 Å². The SMILES string of the molecule is COc1ccc(S(=O)(=O)NC2(CO)CC2)cc1C(=O)O. The number of nitrogens with one attached hydrogen (secondary N) is 1. The van der Waals surface area contributed by atoms with Crippen molar-refractivity contribution < 1.29 is 28.2 Å². The molecule has 0 aromatic heterocycles. The molecule has 2 rings (SSSR count). The molecule has 1 aromatic carbocycles. The number of aromatic carboxylic acids is 1. The summed E-state index contributed by atoms with van der Waals surface area (Å²) < 4.78 is 31.6. The topological polar surface area (TPSA) is 113 Å². The molecule has 7 nitrogen and oxygen atoms in total. The summed E-state index contributed by atoms with van der Waals surface area (Å²) in [6, 6.07) is 3.59. The highest BCUT2D eigenvalue weighted by Gasteiger charge is 2.45. The Hall–Kier alpha value is -1.64. The minimum absolute atomic E-state index is 0.0831. The van der Waals surface area contributed by atoms with E-state index in [9.17, 15) is 13.2 Å². The van der Waals surface area contributed by atoms with Crippen molar-refractivity contribution in [2.45, 2.75) is 23.3 Å². The Labute approximate surface area is 116 Å². The molecule has 1 aliphatic rings. The maximum absolute atomic E-state index is 12.2.